The molecule has 2 aliphatic heterocycles. The normalized spacial score (nSPS) is 23.5. The van der Waals surface area contributed by atoms with Crippen molar-refractivity contribution in [3.8, 4) is 11.5 Å². The molecule has 0 aromatic heterocycles. The van der Waals surface area contributed by atoms with E-state index in [2.05, 4.69) is 5.32 Å². The average molecular weight is 304 g/mol. The summed E-state index contributed by atoms with van der Waals surface area (Å²) >= 11 is 0. The third-order valence-corrected chi connectivity index (χ3v) is 4.78. The zero-order chi connectivity index (χ0) is 15.5. The van der Waals surface area contributed by atoms with Gasteiger partial charge in [0.2, 0.25) is 5.91 Å². The van der Waals surface area contributed by atoms with Gasteiger partial charge in [-0.25, -0.2) is 0 Å². The summed E-state index contributed by atoms with van der Waals surface area (Å²) in [5, 5.41) is 3.40. The smallest absolute Gasteiger partial charge is 0.222 e. The van der Waals surface area contributed by atoms with Gasteiger partial charge in [0, 0.05) is 38.7 Å². The first kappa shape index (κ1) is 15.2. The summed E-state index contributed by atoms with van der Waals surface area (Å²) in [4.78, 5) is 14.4. The molecule has 0 bridgehead atoms. The maximum atomic E-state index is 12.4. The Labute approximate surface area is 131 Å². The fourth-order valence-corrected chi connectivity index (χ4v) is 3.48. The molecule has 2 aliphatic rings. The van der Waals surface area contributed by atoms with Crippen LogP contribution in [-0.4, -0.2) is 51.2 Å². The van der Waals surface area contributed by atoms with Crippen LogP contribution >= 0.6 is 0 Å². The van der Waals surface area contributed by atoms with Crippen LogP contribution in [0.25, 0.3) is 0 Å². The molecule has 2 atom stereocenters. The van der Waals surface area contributed by atoms with Gasteiger partial charge in [0.25, 0.3) is 0 Å². The van der Waals surface area contributed by atoms with Crippen molar-refractivity contribution in [1.29, 1.82) is 0 Å². The number of carbonyl (C=O) groups excluding carboxylic acids is 1. The minimum Gasteiger partial charge on any atom is -0.497 e. The molecule has 22 heavy (non-hydrogen) atoms. The zero-order valence-electron chi connectivity index (χ0n) is 13.3. The number of hydrogen-bond acceptors (Lipinski definition) is 4. The molecule has 5 nitrogen and oxygen atoms in total. The van der Waals surface area contributed by atoms with E-state index in [0.717, 1.165) is 49.7 Å². The lowest BCUT2D eigenvalue weighted by Crippen LogP contribution is -2.31. The van der Waals surface area contributed by atoms with Crippen molar-refractivity contribution in [3.05, 3.63) is 23.8 Å². The zero-order valence-corrected chi connectivity index (χ0v) is 13.3. The molecule has 1 N–H and O–H groups in total. The number of amides is 1. The van der Waals surface area contributed by atoms with Crippen LogP contribution in [0.2, 0.25) is 0 Å². The second-order valence-electron chi connectivity index (χ2n) is 6.20. The summed E-state index contributed by atoms with van der Waals surface area (Å²) < 4.78 is 10.5. The number of hydrogen-bond donors (Lipinski definition) is 1. The van der Waals surface area contributed by atoms with Gasteiger partial charge in [-0.1, -0.05) is 0 Å². The number of methoxy groups -OCH3 is 2. The molecule has 2 heterocycles. The van der Waals surface area contributed by atoms with E-state index in [4.69, 9.17) is 9.47 Å². The van der Waals surface area contributed by atoms with Gasteiger partial charge in [0.15, 0.2) is 0 Å². The Morgan fingerprint density at radius 1 is 1.14 bits per heavy atom. The van der Waals surface area contributed by atoms with Gasteiger partial charge in [0.1, 0.15) is 11.5 Å². The van der Waals surface area contributed by atoms with E-state index in [0.29, 0.717) is 18.3 Å². The molecule has 2 fully saturated rings. The first-order chi connectivity index (χ1) is 10.7. The Morgan fingerprint density at radius 3 is 2.27 bits per heavy atom. The first-order valence-electron chi connectivity index (χ1n) is 7.90. The van der Waals surface area contributed by atoms with Crippen molar-refractivity contribution < 1.29 is 14.3 Å². The van der Waals surface area contributed by atoms with Crippen molar-refractivity contribution in [3.63, 3.8) is 0 Å². The van der Waals surface area contributed by atoms with Crippen LogP contribution in [0.4, 0.5) is 0 Å². The van der Waals surface area contributed by atoms with Crippen LogP contribution in [0, 0.1) is 11.8 Å². The quantitative estimate of drug-likeness (QED) is 0.891. The van der Waals surface area contributed by atoms with E-state index < -0.39 is 0 Å². The van der Waals surface area contributed by atoms with Gasteiger partial charge < -0.3 is 19.7 Å². The van der Waals surface area contributed by atoms with E-state index in [9.17, 15) is 4.79 Å². The Hall–Kier alpha value is -1.75. The molecular formula is C17H24N2O3. The van der Waals surface area contributed by atoms with Crippen molar-refractivity contribution in [2.45, 2.75) is 12.8 Å². The standard InChI is InChI=1S/C17H24N2O3/c1-21-15-5-12(6-16(7-15)22-2)3-4-17(20)19-10-13-8-18-9-14(13)11-19/h5-7,13-14,18H,3-4,8-11H2,1-2H3/t13-,14+. The van der Waals surface area contributed by atoms with Gasteiger partial charge in [-0.2, -0.15) is 0 Å². The number of rotatable bonds is 5. The maximum absolute atomic E-state index is 12.4. The van der Waals surface area contributed by atoms with Crippen LogP contribution < -0.4 is 14.8 Å². The van der Waals surface area contributed by atoms with Crippen molar-refractivity contribution in [2.75, 3.05) is 40.4 Å². The molecule has 1 aromatic rings. The molecule has 0 saturated carbocycles. The van der Waals surface area contributed by atoms with E-state index >= 15 is 0 Å². The van der Waals surface area contributed by atoms with Gasteiger partial charge in [0.05, 0.1) is 14.2 Å². The second kappa shape index (κ2) is 6.57. The number of benzene rings is 1. The Balaban J connectivity index is 1.57. The van der Waals surface area contributed by atoms with Crippen LogP contribution in [0.15, 0.2) is 18.2 Å². The highest BCUT2D eigenvalue weighted by Crippen LogP contribution is 2.27. The van der Waals surface area contributed by atoms with E-state index in [1.54, 1.807) is 14.2 Å². The van der Waals surface area contributed by atoms with Crippen molar-refractivity contribution >= 4 is 5.91 Å². The molecule has 0 spiro atoms. The number of ether oxygens (including phenoxy) is 2. The fraction of sp³-hybridized carbons (Fsp3) is 0.588. The van der Waals surface area contributed by atoms with E-state index in [1.165, 1.54) is 0 Å². The number of likely N-dealkylation sites (tertiary alicyclic amines) is 1. The summed E-state index contributed by atoms with van der Waals surface area (Å²) in [6.45, 7) is 3.94. The number of aryl methyl sites for hydroxylation is 1. The molecule has 0 aliphatic carbocycles. The Kier molecular flexibility index (Phi) is 4.52. The van der Waals surface area contributed by atoms with Gasteiger partial charge in [-0.05, 0) is 36.0 Å². The highest BCUT2D eigenvalue weighted by molar-refractivity contribution is 5.76. The largest absolute Gasteiger partial charge is 0.497 e. The molecule has 0 unspecified atom stereocenters. The third kappa shape index (κ3) is 3.19. The summed E-state index contributed by atoms with van der Waals surface area (Å²) in [5.74, 6) is 3.10. The van der Waals surface area contributed by atoms with Gasteiger partial charge in [-0.15, -0.1) is 0 Å². The van der Waals surface area contributed by atoms with Crippen molar-refractivity contribution in [1.82, 2.24) is 10.2 Å². The molecule has 5 heteroatoms. The summed E-state index contributed by atoms with van der Waals surface area (Å²) in [6.07, 6.45) is 1.26. The third-order valence-electron chi connectivity index (χ3n) is 4.78. The van der Waals surface area contributed by atoms with E-state index in [-0.39, 0.29) is 5.91 Å². The van der Waals surface area contributed by atoms with Gasteiger partial charge >= 0.3 is 0 Å². The van der Waals surface area contributed by atoms with Crippen LogP contribution in [-0.2, 0) is 11.2 Å². The van der Waals surface area contributed by atoms with Crippen LogP contribution in [0.5, 0.6) is 11.5 Å². The summed E-state index contributed by atoms with van der Waals surface area (Å²) in [5.41, 5.74) is 1.07. The molecular weight excluding hydrogens is 280 g/mol. The monoisotopic (exact) mass is 304 g/mol. The van der Waals surface area contributed by atoms with E-state index in [1.807, 2.05) is 23.1 Å². The molecule has 1 aromatic carbocycles. The minimum absolute atomic E-state index is 0.260. The fourth-order valence-electron chi connectivity index (χ4n) is 3.48. The summed E-state index contributed by atoms with van der Waals surface area (Å²) in [7, 11) is 3.28. The molecule has 120 valence electrons. The molecule has 1 amide bonds. The number of nitrogens with one attached hydrogen (secondary N) is 1. The van der Waals surface area contributed by atoms with Gasteiger partial charge in [-0.3, -0.25) is 4.79 Å². The molecule has 2 saturated heterocycles. The highest BCUT2D eigenvalue weighted by atomic mass is 16.5. The molecule has 3 rings (SSSR count). The second-order valence-corrected chi connectivity index (χ2v) is 6.20. The highest BCUT2D eigenvalue weighted by Gasteiger charge is 2.37. The summed E-state index contributed by atoms with van der Waals surface area (Å²) in [6, 6.07) is 5.79. The lowest BCUT2D eigenvalue weighted by molar-refractivity contribution is -0.130. The Morgan fingerprint density at radius 2 is 1.73 bits per heavy atom. The Bertz CT molecular complexity index is 512. The maximum Gasteiger partial charge on any atom is 0.222 e. The minimum atomic E-state index is 0.260. The topological polar surface area (TPSA) is 50.8 Å². The predicted molar refractivity (Wildman–Crippen MR) is 84.3 cm³/mol. The molecule has 0 radical (unpaired) electrons. The number of carbonyl (C=O) groups is 1. The lowest BCUT2D eigenvalue weighted by Gasteiger charge is -2.17. The lowest BCUT2D eigenvalue weighted by atomic mass is 10.0. The van der Waals surface area contributed by atoms with Crippen molar-refractivity contribution in [2.24, 2.45) is 11.8 Å². The SMILES string of the molecule is COc1cc(CCC(=O)N2C[C@H]3CNC[C@H]3C2)cc(OC)c1. The average Bonchev–Trinajstić information content (AvgIpc) is 3.13. The van der Waals surface area contributed by atoms with Crippen LogP contribution in [0.3, 0.4) is 0 Å². The predicted octanol–water partition coefficient (Wildman–Crippen LogP) is 1.31. The number of fused-ring (bicyclic) bond motifs is 1. The number of nitrogens with zero attached hydrogens (tertiary/aromatic N) is 1. The van der Waals surface area contributed by atoms with Crippen LogP contribution in [0.1, 0.15) is 12.0 Å². The first-order valence-corrected chi connectivity index (χ1v) is 7.90.